The van der Waals surface area contributed by atoms with Gasteiger partial charge in [0.25, 0.3) is 7.82 Å². The van der Waals surface area contributed by atoms with Gasteiger partial charge in [-0.25, -0.2) is 0 Å². The molecule has 0 aliphatic carbocycles. The number of allylic oxidation sites excluding steroid dienone is 7. The van der Waals surface area contributed by atoms with Gasteiger partial charge >= 0.3 is 5.97 Å². The number of carbonyl (C=O) groups is 2. The highest BCUT2D eigenvalue weighted by atomic mass is 31.2. The van der Waals surface area contributed by atoms with Crippen molar-refractivity contribution in [2.45, 2.75) is 315 Å². The predicted octanol–water partition coefficient (Wildman–Crippen LogP) is 19.0. The maximum Gasteiger partial charge on any atom is 0.306 e. The molecule has 0 saturated carbocycles. The lowest BCUT2D eigenvalue weighted by Crippen LogP contribution is -2.47. The summed E-state index contributed by atoms with van der Waals surface area (Å²) in [6, 6.07) is -0.892. The second-order valence-corrected chi connectivity index (χ2v) is 24.4. The van der Waals surface area contributed by atoms with Crippen LogP contribution in [0.1, 0.15) is 303 Å². The van der Waals surface area contributed by atoms with Crippen LogP contribution >= 0.6 is 7.82 Å². The minimum atomic E-state index is -4.70. The lowest BCUT2D eigenvalue weighted by atomic mass is 10.0. The van der Waals surface area contributed by atoms with E-state index in [1.54, 1.807) is 0 Å². The first-order chi connectivity index (χ1) is 36.4. The number of rotatable bonds is 58. The molecular weight excluding hydrogens is 952 g/mol. The van der Waals surface area contributed by atoms with Crippen LogP contribution in [0.15, 0.2) is 48.6 Å². The van der Waals surface area contributed by atoms with E-state index in [1.165, 1.54) is 193 Å². The Labute approximate surface area is 465 Å². The van der Waals surface area contributed by atoms with Crippen molar-refractivity contribution in [3.8, 4) is 0 Å². The minimum Gasteiger partial charge on any atom is -0.756 e. The first kappa shape index (κ1) is 73.0. The lowest BCUT2D eigenvalue weighted by molar-refractivity contribution is -0.870. The number of likely N-dealkylation sites (N-methyl/N-ethyl adjacent to an activating group) is 1. The highest BCUT2D eigenvalue weighted by Crippen LogP contribution is 2.38. The van der Waals surface area contributed by atoms with Gasteiger partial charge in [0.05, 0.1) is 33.8 Å². The highest BCUT2D eigenvalue weighted by molar-refractivity contribution is 7.45. The molecule has 0 spiro atoms. The van der Waals surface area contributed by atoms with Crippen LogP contribution < -0.4 is 10.2 Å². The molecule has 0 fully saturated rings. The number of hydrogen-bond donors (Lipinski definition) is 1. The average molecular weight is 1080 g/mol. The van der Waals surface area contributed by atoms with Crippen LogP contribution in [0.3, 0.4) is 0 Å². The molecule has 0 radical (unpaired) electrons. The number of hydrogen-bond acceptors (Lipinski definition) is 7. The van der Waals surface area contributed by atoms with Crippen LogP contribution in [0.5, 0.6) is 0 Å². The number of nitrogens with zero attached hydrogens (tertiary/aromatic N) is 1. The van der Waals surface area contributed by atoms with Gasteiger partial charge in [-0.15, -0.1) is 0 Å². The van der Waals surface area contributed by atoms with Gasteiger partial charge in [-0.2, -0.15) is 0 Å². The molecule has 0 aromatic carbocycles. The Morgan fingerprint density at radius 3 is 1.27 bits per heavy atom. The fraction of sp³-hybridized carbons (Fsp3) is 0.846. The Kier molecular flexibility index (Phi) is 53.8. The van der Waals surface area contributed by atoms with Crippen LogP contribution in [0.25, 0.3) is 0 Å². The predicted molar refractivity (Wildman–Crippen MR) is 321 cm³/mol. The molecule has 0 aliphatic heterocycles. The van der Waals surface area contributed by atoms with Crippen LogP contribution in [0.2, 0.25) is 0 Å². The Morgan fingerprint density at radius 1 is 0.480 bits per heavy atom. The number of unbranched alkanes of at least 4 members (excludes halogenated alkanes) is 38. The van der Waals surface area contributed by atoms with Gasteiger partial charge in [-0.1, -0.05) is 288 Å². The second-order valence-electron chi connectivity index (χ2n) is 23.0. The van der Waals surface area contributed by atoms with Gasteiger partial charge in [-0.05, 0) is 51.0 Å². The maximum absolute atomic E-state index is 13.5. The molecule has 1 amide bonds. The smallest absolute Gasteiger partial charge is 0.306 e. The summed E-state index contributed by atoms with van der Waals surface area (Å²) in [5, 5.41) is 3.03. The van der Waals surface area contributed by atoms with E-state index in [2.05, 4.69) is 62.5 Å². The van der Waals surface area contributed by atoms with E-state index in [9.17, 15) is 19.0 Å². The van der Waals surface area contributed by atoms with Gasteiger partial charge in [0.1, 0.15) is 19.3 Å². The van der Waals surface area contributed by atoms with E-state index < -0.39 is 26.6 Å². The molecule has 10 heteroatoms. The van der Waals surface area contributed by atoms with Crippen molar-refractivity contribution in [3.63, 3.8) is 0 Å². The molecule has 3 atom stereocenters. The van der Waals surface area contributed by atoms with Crippen molar-refractivity contribution in [3.05, 3.63) is 48.6 Å². The third kappa shape index (κ3) is 56.5. The summed E-state index contributed by atoms with van der Waals surface area (Å²) in [6.07, 6.45) is 67.9. The van der Waals surface area contributed by atoms with Gasteiger partial charge in [0.2, 0.25) is 5.91 Å². The SMILES string of the molecule is CC/C=C/C=C/C=C/CCCCCCCCCC(=O)NC(COP(=O)([O-])OCC[N+](C)(C)C)C(/C=C\CCCCCCCCCCCCC)OC(=O)CCCCCCCCCCCCCCCCCCCCCCC. The highest BCUT2D eigenvalue weighted by Gasteiger charge is 2.27. The quantitative estimate of drug-likeness (QED) is 0.0161. The van der Waals surface area contributed by atoms with Crippen molar-refractivity contribution in [2.75, 3.05) is 40.9 Å². The monoisotopic (exact) mass is 1070 g/mol. The summed E-state index contributed by atoms with van der Waals surface area (Å²) in [6.45, 7) is 6.74. The molecule has 0 heterocycles. The van der Waals surface area contributed by atoms with Gasteiger partial charge in [-0.3, -0.25) is 14.2 Å². The standard InChI is InChI=1S/C65H123N2O7P/c1-7-10-13-16-19-22-25-28-30-31-32-33-34-35-37-40-43-46-49-52-55-58-65(69)74-63(56-53-50-47-44-41-38-27-24-21-18-15-12-9-3)62(61-73-75(70,71)72-60-59-67(4,5)6)66-64(68)57-54-51-48-45-42-39-36-29-26-23-20-17-14-11-8-2/h11,14,17,20,23,26,53,56,62-63H,7-10,12-13,15-16,18-19,21-22,24-25,27-52,54-55,57-61H2,1-6H3,(H-,66,68,70,71)/b14-11+,20-17+,26-23+,56-53-. The first-order valence-electron chi connectivity index (χ1n) is 32.0. The Balaban J connectivity index is 5.20. The van der Waals surface area contributed by atoms with E-state index in [1.807, 2.05) is 33.3 Å². The normalized spacial score (nSPS) is 14.0. The minimum absolute atomic E-state index is 0.0239. The molecule has 0 aromatic rings. The molecule has 1 N–H and O–H groups in total. The topological polar surface area (TPSA) is 114 Å². The molecule has 0 aromatic heterocycles. The Morgan fingerprint density at radius 2 is 0.853 bits per heavy atom. The van der Waals surface area contributed by atoms with E-state index in [-0.39, 0.29) is 24.9 Å². The fourth-order valence-electron chi connectivity index (χ4n) is 9.41. The second kappa shape index (κ2) is 55.3. The molecule has 0 aliphatic rings. The van der Waals surface area contributed by atoms with E-state index >= 15 is 0 Å². The molecule has 3 unspecified atom stereocenters. The van der Waals surface area contributed by atoms with Crippen molar-refractivity contribution in [1.29, 1.82) is 0 Å². The zero-order valence-corrected chi connectivity index (χ0v) is 51.2. The number of ether oxygens (including phenoxy) is 1. The third-order valence-electron chi connectivity index (χ3n) is 14.3. The third-order valence-corrected chi connectivity index (χ3v) is 15.3. The molecule has 440 valence electrons. The van der Waals surface area contributed by atoms with E-state index in [0.717, 1.165) is 77.0 Å². The molecule has 75 heavy (non-hydrogen) atoms. The number of phosphoric ester groups is 1. The molecular formula is C65H123N2O7P. The van der Waals surface area contributed by atoms with Crippen LogP contribution in [0.4, 0.5) is 0 Å². The lowest BCUT2D eigenvalue weighted by Gasteiger charge is -2.30. The van der Waals surface area contributed by atoms with Crippen LogP contribution in [-0.4, -0.2) is 69.4 Å². The fourth-order valence-corrected chi connectivity index (χ4v) is 10.1. The summed E-state index contributed by atoms with van der Waals surface area (Å²) in [4.78, 5) is 40.0. The molecule has 0 bridgehead atoms. The van der Waals surface area contributed by atoms with Crippen molar-refractivity contribution in [1.82, 2.24) is 5.32 Å². The first-order valence-corrected chi connectivity index (χ1v) is 33.4. The number of phosphoric acid groups is 1. The van der Waals surface area contributed by atoms with Crippen LogP contribution in [0, 0.1) is 0 Å². The van der Waals surface area contributed by atoms with Crippen molar-refractivity contribution < 1.29 is 37.3 Å². The Bertz CT molecular complexity index is 1420. The molecule has 9 nitrogen and oxygen atoms in total. The van der Waals surface area contributed by atoms with Gasteiger partial charge in [0, 0.05) is 12.8 Å². The molecule has 0 rings (SSSR count). The number of esters is 1. The Hall–Kier alpha value is -2.03. The largest absolute Gasteiger partial charge is 0.756 e. The summed E-state index contributed by atoms with van der Waals surface area (Å²) in [5.74, 6) is -0.543. The van der Waals surface area contributed by atoms with E-state index in [0.29, 0.717) is 17.4 Å². The van der Waals surface area contributed by atoms with Crippen molar-refractivity contribution in [2.24, 2.45) is 0 Å². The van der Waals surface area contributed by atoms with Crippen molar-refractivity contribution >= 4 is 19.7 Å². The van der Waals surface area contributed by atoms with Gasteiger partial charge < -0.3 is 28.5 Å². The van der Waals surface area contributed by atoms with Gasteiger partial charge in [0.15, 0.2) is 0 Å². The zero-order chi connectivity index (χ0) is 55.0. The number of amides is 1. The summed E-state index contributed by atoms with van der Waals surface area (Å²) in [5.41, 5.74) is 0. The number of nitrogens with one attached hydrogen (secondary N) is 1. The van der Waals surface area contributed by atoms with Crippen LogP contribution in [-0.2, 0) is 27.9 Å². The molecule has 0 saturated heterocycles. The summed E-state index contributed by atoms with van der Waals surface area (Å²) in [7, 11) is 1.18. The maximum atomic E-state index is 13.5. The number of carbonyl (C=O) groups excluding carboxylic acids is 2. The number of quaternary nitrogens is 1. The zero-order valence-electron chi connectivity index (χ0n) is 50.3. The summed E-state index contributed by atoms with van der Waals surface area (Å²) < 4.78 is 30.3. The summed E-state index contributed by atoms with van der Waals surface area (Å²) >= 11 is 0. The average Bonchev–Trinajstić information content (AvgIpc) is 3.37. The van der Waals surface area contributed by atoms with E-state index in [4.69, 9.17) is 13.8 Å².